The Bertz CT molecular complexity index is 39.2. The predicted octanol–water partition coefficient (Wildman–Crippen LogP) is 0.417. The third-order valence-electron chi connectivity index (χ3n) is 1.47. The zero-order valence-electron chi connectivity index (χ0n) is 2.57. The number of rotatable bonds is 0. The van der Waals surface area contributed by atoms with Gasteiger partial charge in [0.1, 0.15) is 7.28 Å². The van der Waals surface area contributed by atoms with E-state index >= 15 is 0 Å². The van der Waals surface area contributed by atoms with Gasteiger partial charge in [0.25, 0.3) is 0 Å². The molecule has 2 rings (SSSR count). The van der Waals surface area contributed by atoms with Crippen LogP contribution in [0.4, 0.5) is 0 Å². The molecule has 2 aliphatic rings. The van der Waals surface area contributed by atoms with Gasteiger partial charge in [-0.25, -0.2) is 0 Å². The molecule has 0 aromatic carbocycles. The van der Waals surface area contributed by atoms with Crippen molar-refractivity contribution in [3.05, 3.63) is 0 Å². The highest BCUT2D eigenvalue weighted by Crippen LogP contribution is 2.67. The van der Waals surface area contributed by atoms with Gasteiger partial charge in [-0.2, -0.15) is 0 Å². The summed E-state index contributed by atoms with van der Waals surface area (Å²) in [6.07, 6.45) is 1.58. The van der Waals surface area contributed by atoms with Crippen LogP contribution in [0.1, 0.15) is 6.42 Å². The monoisotopic (exact) mass is 52.0 g/mol. The van der Waals surface area contributed by atoms with Crippen molar-refractivity contribution in [3.63, 3.8) is 0 Å². The molecule has 0 spiro atoms. The van der Waals surface area contributed by atoms with E-state index in [2.05, 4.69) is 0 Å². The minimum atomic E-state index is 1.25. The molecular weight excluding hydrogens is 46.8 g/mol. The quantitative estimate of drug-likeness (QED) is 0.350. The van der Waals surface area contributed by atoms with Crippen LogP contribution in [-0.2, 0) is 0 Å². The molecule has 1 unspecified atom stereocenters. The lowest BCUT2D eigenvalue weighted by Crippen LogP contribution is -1.59. The van der Waals surface area contributed by atoms with Gasteiger partial charge in [-0.15, -0.1) is 0 Å². The summed E-state index contributed by atoms with van der Waals surface area (Å²) in [6.45, 7) is 0. The third-order valence-corrected chi connectivity index (χ3v) is 1.47. The molecule has 0 aromatic heterocycles. The highest BCUT2D eigenvalue weighted by atomic mass is 14.4. The van der Waals surface area contributed by atoms with Crippen molar-refractivity contribution < 1.29 is 0 Å². The largest absolute Gasteiger partial charge is 0.126 e. The van der Waals surface area contributed by atoms with Crippen LogP contribution in [0.2, 0.25) is 11.6 Å². The Hall–Kier alpha value is 0.0649. The molecule has 1 heterocycles. The summed E-state index contributed by atoms with van der Waals surface area (Å²) in [4.78, 5) is 0. The fourth-order valence-electron chi connectivity index (χ4n) is 0.552. The van der Waals surface area contributed by atoms with Crippen molar-refractivity contribution in [2.75, 3.05) is 0 Å². The first-order chi connectivity index (χ1) is 1.97. The van der Waals surface area contributed by atoms with Gasteiger partial charge in [-0.3, -0.25) is 0 Å². The van der Waals surface area contributed by atoms with Gasteiger partial charge < -0.3 is 0 Å². The van der Waals surface area contributed by atoms with Crippen molar-refractivity contribution >= 4 is 7.28 Å². The zero-order valence-corrected chi connectivity index (χ0v) is 2.57. The number of fused-ring (bicyclic) bond motifs is 1. The van der Waals surface area contributed by atoms with Crippen LogP contribution >= 0.6 is 0 Å². The lowest BCUT2D eigenvalue weighted by atomic mass is 9.89. The van der Waals surface area contributed by atoms with Crippen molar-refractivity contribution in [1.29, 1.82) is 0 Å². The molecule has 0 nitrogen and oxygen atoms in total. The van der Waals surface area contributed by atoms with E-state index in [0.717, 1.165) is 0 Å². The predicted molar refractivity (Wildman–Crippen MR) is 19.3 cm³/mol. The summed E-state index contributed by atoms with van der Waals surface area (Å²) in [5, 5.41) is 0. The lowest BCUT2D eigenvalue weighted by Gasteiger charge is -1.57. The van der Waals surface area contributed by atoms with Crippen LogP contribution in [0.5, 0.6) is 0 Å². The fraction of sp³-hybridized carbons (Fsp3) is 1.00. The summed E-state index contributed by atoms with van der Waals surface area (Å²) < 4.78 is 0. The molecule has 0 aromatic rings. The summed E-state index contributed by atoms with van der Waals surface area (Å²) in [5.74, 6) is 2.50. The van der Waals surface area contributed by atoms with Crippen molar-refractivity contribution in [2.24, 2.45) is 0 Å². The molecule has 1 heteroatoms. The van der Waals surface area contributed by atoms with Crippen molar-refractivity contribution in [3.8, 4) is 0 Å². The minimum Gasteiger partial charge on any atom is -0.0697 e. The molecule has 0 amide bonds. The topological polar surface area (TPSA) is 0 Å². The molecule has 4 heavy (non-hydrogen) atoms. The van der Waals surface area contributed by atoms with Gasteiger partial charge in [0, 0.05) is 0 Å². The van der Waals surface area contributed by atoms with E-state index in [0.29, 0.717) is 0 Å². The second kappa shape index (κ2) is 0.201. The van der Waals surface area contributed by atoms with Crippen LogP contribution in [0.3, 0.4) is 0 Å². The molecular formula is C3H5B. The summed E-state index contributed by atoms with van der Waals surface area (Å²) >= 11 is 0. The van der Waals surface area contributed by atoms with Crippen molar-refractivity contribution in [1.82, 2.24) is 0 Å². The zero-order chi connectivity index (χ0) is 2.57. The Morgan fingerprint density at radius 1 is 1.50 bits per heavy atom. The van der Waals surface area contributed by atoms with E-state index in [-0.39, 0.29) is 0 Å². The highest BCUT2D eigenvalue weighted by Gasteiger charge is 2.53. The standard InChI is InChI=1S/C3H5B/c1-2-3(1)4-2/h2-4H,1H2/t2-,3?/m1/s1. The molecule has 1 aliphatic heterocycles. The molecule has 0 N–H and O–H groups in total. The molecule has 20 valence electrons. The maximum Gasteiger partial charge on any atom is 0.126 e. The average molecular weight is 51.9 g/mol. The van der Waals surface area contributed by atoms with Gasteiger partial charge in [0.2, 0.25) is 0 Å². The average Bonchev–Trinajstić information content (AvgIpc) is 1.36. The van der Waals surface area contributed by atoms with Crippen molar-refractivity contribution in [2.45, 2.75) is 18.1 Å². The minimum absolute atomic E-state index is 1.25. The Balaban J connectivity index is 2.48. The van der Waals surface area contributed by atoms with Crippen LogP contribution in [-0.4, -0.2) is 7.28 Å². The SMILES string of the molecule is B1C2C[C@@H]12. The summed E-state index contributed by atoms with van der Waals surface area (Å²) in [6, 6.07) is 0. The Morgan fingerprint density at radius 2 is 1.75 bits per heavy atom. The molecule has 0 bridgehead atoms. The van der Waals surface area contributed by atoms with Gasteiger partial charge in [-0.05, 0) is 0 Å². The Labute approximate surface area is 26.4 Å². The maximum atomic E-state index is 1.58. The van der Waals surface area contributed by atoms with Gasteiger partial charge in [0.15, 0.2) is 0 Å². The molecule has 1 aliphatic carbocycles. The first-order valence-electron chi connectivity index (χ1n) is 1.97. The Kier molecular flexibility index (Phi) is 0.0748. The van der Waals surface area contributed by atoms with Gasteiger partial charge >= 0.3 is 0 Å². The second-order valence-electron chi connectivity index (χ2n) is 1.99. The second-order valence-corrected chi connectivity index (χ2v) is 1.99. The van der Waals surface area contributed by atoms with Crippen LogP contribution < -0.4 is 0 Å². The number of hydrogen-bond acceptors (Lipinski definition) is 0. The van der Waals surface area contributed by atoms with E-state index in [4.69, 9.17) is 0 Å². The first-order valence-corrected chi connectivity index (χ1v) is 1.97. The highest BCUT2D eigenvalue weighted by molar-refractivity contribution is 6.59. The third kappa shape index (κ3) is 0.0360. The molecule has 1 saturated carbocycles. The van der Waals surface area contributed by atoms with Crippen LogP contribution in [0.15, 0.2) is 0 Å². The summed E-state index contributed by atoms with van der Waals surface area (Å²) in [5.41, 5.74) is 0. The molecule has 1 saturated heterocycles. The first kappa shape index (κ1) is 1.49. The van der Waals surface area contributed by atoms with Crippen LogP contribution in [0, 0.1) is 0 Å². The van der Waals surface area contributed by atoms with Gasteiger partial charge in [-0.1, -0.05) is 18.1 Å². The maximum absolute atomic E-state index is 1.58. The normalized spacial score (nSPS) is 64.0. The Morgan fingerprint density at radius 3 is 1.75 bits per heavy atom. The molecule has 2 fully saturated rings. The lowest BCUT2D eigenvalue weighted by molar-refractivity contribution is 1.41. The smallest absolute Gasteiger partial charge is 0.0697 e. The van der Waals surface area contributed by atoms with E-state index in [9.17, 15) is 0 Å². The molecule has 2 atom stereocenters. The van der Waals surface area contributed by atoms with Gasteiger partial charge in [0.05, 0.1) is 0 Å². The van der Waals surface area contributed by atoms with E-state index in [1.165, 1.54) is 11.6 Å². The molecule has 0 radical (unpaired) electrons. The van der Waals surface area contributed by atoms with Crippen LogP contribution in [0.25, 0.3) is 0 Å². The fourth-order valence-corrected chi connectivity index (χ4v) is 0.552. The van der Waals surface area contributed by atoms with E-state index < -0.39 is 0 Å². The van der Waals surface area contributed by atoms with E-state index in [1.54, 1.807) is 13.7 Å². The summed E-state index contributed by atoms with van der Waals surface area (Å²) in [7, 11) is 1.58. The van der Waals surface area contributed by atoms with E-state index in [1.807, 2.05) is 0 Å². The number of hydrogen-bond donors (Lipinski definition) is 0.